The molecule has 0 heterocycles. The summed E-state index contributed by atoms with van der Waals surface area (Å²) in [5, 5.41) is 10.7. The maximum absolute atomic E-state index is 12.3. The zero-order chi connectivity index (χ0) is 16.3. The van der Waals surface area contributed by atoms with E-state index in [0.29, 0.717) is 0 Å². The van der Waals surface area contributed by atoms with Crippen molar-refractivity contribution < 1.29 is 18.1 Å². The number of methoxy groups -OCH3 is 1. The zero-order valence-electron chi connectivity index (χ0n) is 11.9. The molecule has 1 N–H and O–H groups in total. The minimum absolute atomic E-state index is 0.0740. The van der Waals surface area contributed by atoms with E-state index in [9.17, 15) is 18.5 Å². The van der Waals surface area contributed by atoms with Gasteiger partial charge in [0.15, 0.2) is 0 Å². The molecule has 2 aromatic carbocycles. The summed E-state index contributed by atoms with van der Waals surface area (Å²) in [5.74, 6) is 0.0740. The van der Waals surface area contributed by atoms with E-state index < -0.39 is 14.9 Å². The van der Waals surface area contributed by atoms with Crippen LogP contribution in [0.1, 0.15) is 5.56 Å². The molecule has 0 fully saturated rings. The Bertz CT molecular complexity index is 800. The summed E-state index contributed by atoms with van der Waals surface area (Å²) < 4.78 is 32.0. The Morgan fingerprint density at radius 3 is 2.32 bits per heavy atom. The second kappa shape index (κ2) is 6.02. The molecular weight excluding hydrogens is 308 g/mol. The molecule has 0 spiro atoms. The topological polar surface area (TPSA) is 98.5 Å². The Labute approximate surface area is 127 Å². The zero-order valence-corrected chi connectivity index (χ0v) is 12.8. The number of hydrogen-bond acceptors (Lipinski definition) is 5. The maximum Gasteiger partial charge on any atom is 0.273 e. The Balaban J connectivity index is 2.37. The Morgan fingerprint density at radius 2 is 1.77 bits per heavy atom. The first-order valence-electron chi connectivity index (χ1n) is 6.25. The number of benzene rings is 2. The summed E-state index contributed by atoms with van der Waals surface area (Å²) in [6, 6.07) is 9.99. The molecule has 0 aliphatic carbocycles. The van der Waals surface area contributed by atoms with Gasteiger partial charge in [0, 0.05) is 6.07 Å². The quantitative estimate of drug-likeness (QED) is 0.674. The lowest BCUT2D eigenvalue weighted by Crippen LogP contribution is -2.13. The predicted octanol–water partition coefficient (Wildman–Crippen LogP) is 2.71. The average Bonchev–Trinajstić information content (AvgIpc) is 2.47. The molecule has 22 heavy (non-hydrogen) atoms. The van der Waals surface area contributed by atoms with Crippen molar-refractivity contribution in [3.63, 3.8) is 0 Å². The third-order valence-electron chi connectivity index (χ3n) is 2.97. The third kappa shape index (κ3) is 3.34. The number of aryl methyl sites for hydroxylation is 1. The minimum atomic E-state index is -3.80. The number of nitro benzene ring substituents is 1. The third-order valence-corrected chi connectivity index (χ3v) is 4.35. The monoisotopic (exact) mass is 322 g/mol. The van der Waals surface area contributed by atoms with Crippen molar-refractivity contribution in [1.29, 1.82) is 0 Å². The first-order valence-corrected chi connectivity index (χ1v) is 7.74. The largest absolute Gasteiger partial charge is 0.494 e. The highest BCUT2D eigenvalue weighted by atomic mass is 32.2. The van der Waals surface area contributed by atoms with Crippen molar-refractivity contribution in [2.45, 2.75) is 11.8 Å². The highest BCUT2D eigenvalue weighted by molar-refractivity contribution is 7.92. The van der Waals surface area contributed by atoms with Crippen LogP contribution in [0.5, 0.6) is 5.75 Å². The van der Waals surface area contributed by atoms with Crippen LogP contribution < -0.4 is 9.46 Å². The summed E-state index contributed by atoms with van der Waals surface area (Å²) in [4.78, 5) is 10.2. The summed E-state index contributed by atoms with van der Waals surface area (Å²) in [6.07, 6.45) is 0. The molecule has 0 aromatic heterocycles. The number of ether oxygens (including phenoxy) is 1. The molecule has 8 heteroatoms. The molecule has 0 bridgehead atoms. The predicted molar refractivity (Wildman–Crippen MR) is 81.6 cm³/mol. The van der Waals surface area contributed by atoms with Crippen molar-refractivity contribution in [1.82, 2.24) is 0 Å². The molecule has 0 atom stereocenters. The Hall–Kier alpha value is -2.61. The number of anilines is 1. The number of non-ortho nitro benzene ring substituents is 1. The van der Waals surface area contributed by atoms with Gasteiger partial charge in [0.1, 0.15) is 5.75 Å². The molecule has 7 nitrogen and oxygen atoms in total. The van der Waals surface area contributed by atoms with Gasteiger partial charge in [0.25, 0.3) is 15.7 Å². The van der Waals surface area contributed by atoms with Crippen LogP contribution >= 0.6 is 0 Å². The first kappa shape index (κ1) is 15.8. The highest BCUT2D eigenvalue weighted by Gasteiger charge is 2.18. The first-order chi connectivity index (χ1) is 10.3. The van der Waals surface area contributed by atoms with Crippen LogP contribution in [0.2, 0.25) is 0 Å². The molecule has 116 valence electrons. The van der Waals surface area contributed by atoms with Crippen LogP contribution in [0, 0.1) is 17.0 Å². The summed E-state index contributed by atoms with van der Waals surface area (Å²) in [6.45, 7) is 1.85. The van der Waals surface area contributed by atoms with Crippen LogP contribution in [-0.2, 0) is 10.0 Å². The second-order valence-corrected chi connectivity index (χ2v) is 6.24. The molecule has 0 saturated carbocycles. The maximum atomic E-state index is 12.3. The van der Waals surface area contributed by atoms with Gasteiger partial charge in [-0.3, -0.25) is 14.8 Å². The van der Waals surface area contributed by atoms with Crippen LogP contribution in [0.3, 0.4) is 0 Å². The molecular formula is C14H14N2O5S. The lowest BCUT2D eigenvalue weighted by atomic mass is 10.2. The van der Waals surface area contributed by atoms with Crippen molar-refractivity contribution in [2.75, 3.05) is 11.8 Å². The summed E-state index contributed by atoms with van der Waals surface area (Å²) in [7, 11) is -2.49. The van der Waals surface area contributed by atoms with Gasteiger partial charge in [0.05, 0.1) is 28.7 Å². The van der Waals surface area contributed by atoms with E-state index in [2.05, 4.69) is 4.72 Å². The van der Waals surface area contributed by atoms with Gasteiger partial charge in [0.2, 0.25) is 0 Å². The Kier molecular flexibility index (Phi) is 4.32. The van der Waals surface area contributed by atoms with Crippen molar-refractivity contribution >= 4 is 21.4 Å². The van der Waals surface area contributed by atoms with E-state index in [1.165, 1.54) is 31.4 Å². The van der Waals surface area contributed by atoms with Crippen LogP contribution in [0.15, 0.2) is 47.4 Å². The van der Waals surface area contributed by atoms with Crippen molar-refractivity contribution in [2.24, 2.45) is 0 Å². The molecule has 0 amide bonds. The minimum Gasteiger partial charge on any atom is -0.494 e. The smallest absolute Gasteiger partial charge is 0.273 e. The van der Waals surface area contributed by atoms with Gasteiger partial charge < -0.3 is 4.74 Å². The second-order valence-electron chi connectivity index (χ2n) is 4.56. The van der Waals surface area contributed by atoms with E-state index in [0.717, 1.165) is 11.6 Å². The van der Waals surface area contributed by atoms with Gasteiger partial charge >= 0.3 is 0 Å². The fourth-order valence-corrected chi connectivity index (χ4v) is 2.87. The van der Waals surface area contributed by atoms with E-state index in [4.69, 9.17) is 4.74 Å². The van der Waals surface area contributed by atoms with E-state index in [-0.39, 0.29) is 22.0 Å². The molecule has 0 unspecified atom stereocenters. The number of nitrogens with one attached hydrogen (secondary N) is 1. The highest BCUT2D eigenvalue weighted by Crippen LogP contribution is 2.30. The van der Waals surface area contributed by atoms with Gasteiger partial charge in [-0.25, -0.2) is 8.42 Å². The number of sulfonamides is 1. The van der Waals surface area contributed by atoms with Gasteiger partial charge in [-0.2, -0.15) is 0 Å². The van der Waals surface area contributed by atoms with Crippen LogP contribution in [0.25, 0.3) is 0 Å². The molecule has 2 rings (SSSR count). The van der Waals surface area contributed by atoms with E-state index >= 15 is 0 Å². The number of rotatable bonds is 5. The van der Waals surface area contributed by atoms with Crippen molar-refractivity contribution in [3.05, 3.63) is 58.1 Å². The normalized spacial score (nSPS) is 11.0. The molecule has 0 aliphatic heterocycles. The van der Waals surface area contributed by atoms with Gasteiger partial charge in [-0.15, -0.1) is 0 Å². The standard InChI is InChI=1S/C14H14N2O5S/c1-10-3-6-12(7-4-10)22(19,20)15-13-8-5-11(16(17)18)9-14(13)21-2/h3-9,15H,1-2H3. The molecule has 0 aliphatic rings. The van der Waals surface area contributed by atoms with Crippen molar-refractivity contribution in [3.8, 4) is 5.75 Å². The molecule has 2 aromatic rings. The average molecular weight is 322 g/mol. The van der Waals surface area contributed by atoms with Crippen LogP contribution in [0.4, 0.5) is 11.4 Å². The van der Waals surface area contributed by atoms with Gasteiger partial charge in [-0.05, 0) is 25.1 Å². The lowest BCUT2D eigenvalue weighted by Gasteiger charge is -2.11. The lowest BCUT2D eigenvalue weighted by molar-refractivity contribution is -0.384. The number of nitrogens with zero attached hydrogens (tertiary/aromatic N) is 1. The molecule has 0 radical (unpaired) electrons. The molecule has 0 saturated heterocycles. The number of hydrogen-bond donors (Lipinski definition) is 1. The van der Waals surface area contributed by atoms with Crippen LogP contribution in [-0.4, -0.2) is 20.5 Å². The number of nitro groups is 1. The van der Waals surface area contributed by atoms with E-state index in [1.807, 2.05) is 6.92 Å². The fraction of sp³-hybridized carbons (Fsp3) is 0.143. The SMILES string of the molecule is COc1cc([N+](=O)[O-])ccc1NS(=O)(=O)c1ccc(C)cc1. The summed E-state index contributed by atoms with van der Waals surface area (Å²) in [5.41, 5.74) is 0.885. The fourth-order valence-electron chi connectivity index (χ4n) is 1.80. The summed E-state index contributed by atoms with van der Waals surface area (Å²) >= 11 is 0. The van der Waals surface area contributed by atoms with E-state index in [1.54, 1.807) is 12.1 Å². The Morgan fingerprint density at radius 1 is 1.14 bits per heavy atom. The van der Waals surface area contributed by atoms with Gasteiger partial charge in [-0.1, -0.05) is 17.7 Å².